The number of ketones is 2. The van der Waals surface area contributed by atoms with E-state index in [1.165, 1.54) is 17.8 Å². The Bertz CT molecular complexity index is 930. The summed E-state index contributed by atoms with van der Waals surface area (Å²) in [5.41, 5.74) is 1.07. The van der Waals surface area contributed by atoms with Crippen LogP contribution in [-0.2, 0) is 0 Å². The number of Topliss-reactive ketones (excluding diaryl/α,β-unsaturated/α-hetero) is 2. The van der Waals surface area contributed by atoms with Gasteiger partial charge in [0.05, 0.1) is 5.57 Å². The van der Waals surface area contributed by atoms with Crippen LogP contribution in [0.15, 0.2) is 86.7 Å². The van der Waals surface area contributed by atoms with Crippen molar-refractivity contribution in [1.29, 1.82) is 0 Å². The van der Waals surface area contributed by atoms with Crippen LogP contribution in [0, 0.1) is 0 Å². The highest BCUT2D eigenvalue weighted by Crippen LogP contribution is 2.31. The number of furan rings is 1. The lowest BCUT2D eigenvalue weighted by atomic mass is 10.1. The number of carbonyl (C=O) groups excluding carboxylic acids is 2. The summed E-state index contributed by atoms with van der Waals surface area (Å²) in [5.74, 6) is 0.00598. The van der Waals surface area contributed by atoms with E-state index < -0.39 is 0 Å². The Kier molecular flexibility index (Phi) is 3.67. The number of carbonyl (C=O) groups is 2. The third-order valence-corrected chi connectivity index (χ3v) is 4.68. The third kappa shape index (κ3) is 2.61. The van der Waals surface area contributed by atoms with E-state index in [4.69, 9.17) is 4.42 Å². The Morgan fingerprint density at radius 2 is 1.38 bits per heavy atom. The Morgan fingerprint density at radius 3 is 2.04 bits per heavy atom. The van der Waals surface area contributed by atoms with Crippen molar-refractivity contribution in [2.45, 2.75) is 9.99 Å². The second kappa shape index (κ2) is 5.98. The first-order chi connectivity index (χ1) is 11.7. The highest BCUT2D eigenvalue weighted by atomic mass is 32.2. The molecule has 3 nitrogen and oxygen atoms in total. The van der Waals surface area contributed by atoms with E-state index in [1.54, 1.807) is 30.3 Å². The third-order valence-electron chi connectivity index (χ3n) is 3.76. The maximum Gasteiger partial charge on any atom is 0.197 e. The number of hydrogen-bond donors (Lipinski definition) is 0. The van der Waals surface area contributed by atoms with Gasteiger partial charge in [0.2, 0.25) is 0 Å². The van der Waals surface area contributed by atoms with Crippen molar-refractivity contribution in [3.05, 3.63) is 89.2 Å². The van der Waals surface area contributed by atoms with Crippen LogP contribution in [-0.4, -0.2) is 11.6 Å². The minimum atomic E-state index is -0.246. The van der Waals surface area contributed by atoms with Gasteiger partial charge in [-0.3, -0.25) is 9.59 Å². The van der Waals surface area contributed by atoms with Gasteiger partial charge in [-0.05, 0) is 30.3 Å². The standard InChI is InChI=1S/C20H12O3S/c21-19-15-8-4-5-9-16(15)20(22)17(19)12-13-10-11-18(23-13)24-14-6-2-1-3-7-14/h1-12H. The molecule has 0 saturated heterocycles. The summed E-state index contributed by atoms with van der Waals surface area (Å²) in [6.07, 6.45) is 1.53. The lowest BCUT2D eigenvalue weighted by Crippen LogP contribution is -1.99. The second-order valence-electron chi connectivity index (χ2n) is 5.33. The average molecular weight is 332 g/mol. The molecule has 1 aliphatic rings. The number of benzene rings is 2. The Balaban J connectivity index is 1.61. The molecule has 24 heavy (non-hydrogen) atoms. The highest BCUT2D eigenvalue weighted by Gasteiger charge is 2.32. The Hall–Kier alpha value is -2.85. The van der Waals surface area contributed by atoms with Crippen molar-refractivity contribution in [3.63, 3.8) is 0 Å². The van der Waals surface area contributed by atoms with Crippen LogP contribution in [0.25, 0.3) is 6.08 Å². The van der Waals surface area contributed by atoms with Crippen molar-refractivity contribution >= 4 is 29.4 Å². The molecule has 0 radical (unpaired) electrons. The van der Waals surface area contributed by atoms with Crippen LogP contribution >= 0.6 is 11.8 Å². The summed E-state index contributed by atoms with van der Waals surface area (Å²) in [6.45, 7) is 0. The predicted octanol–water partition coefficient (Wildman–Crippen LogP) is 4.89. The summed E-state index contributed by atoms with van der Waals surface area (Å²) in [4.78, 5) is 25.8. The topological polar surface area (TPSA) is 47.3 Å². The largest absolute Gasteiger partial charge is 0.450 e. The molecule has 2 aromatic carbocycles. The van der Waals surface area contributed by atoms with Gasteiger partial charge < -0.3 is 4.42 Å². The molecule has 116 valence electrons. The molecule has 0 spiro atoms. The molecule has 4 rings (SSSR count). The van der Waals surface area contributed by atoms with Crippen LogP contribution in [0.3, 0.4) is 0 Å². The molecule has 1 aromatic heterocycles. The van der Waals surface area contributed by atoms with E-state index in [-0.39, 0.29) is 17.1 Å². The number of allylic oxidation sites excluding steroid dienone is 1. The zero-order valence-electron chi connectivity index (χ0n) is 12.6. The van der Waals surface area contributed by atoms with Crippen LogP contribution < -0.4 is 0 Å². The summed E-state index contributed by atoms with van der Waals surface area (Å²) < 4.78 is 5.73. The van der Waals surface area contributed by atoms with E-state index >= 15 is 0 Å². The zero-order chi connectivity index (χ0) is 16.5. The van der Waals surface area contributed by atoms with Gasteiger partial charge in [-0.25, -0.2) is 0 Å². The van der Waals surface area contributed by atoms with Crippen molar-refractivity contribution < 1.29 is 14.0 Å². The van der Waals surface area contributed by atoms with Crippen molar-refractivity contribution in [2.24, 2.45) is 0 Å². The number of hydrogen-bond acceptors (Lipinski definition) is 4. The molecule has 0 bridgehead atoms. The fourth-order valence-electron chi connectivity index (χ4n) is 2.62. The fourth-order valence-corrected chi connectivity index (χ4v) is 3.42. The van der Waals surface area contributed by atoms with E-state index in [1.807, 2.05) is 36.4 Å². The van der Waals surface area contributed by atoms with Gasteiger partial charge in [0, 0.05) is 16.0 Å². The molecule has 0 unspecified atom stereocenters. The first kappa shape index (κ1) is 14.7. The smallest absolute Gasteiger partial charge is 0.197 e. The number of fused-ring (bicyclic) bond motifs is 1. The van der Waals surface area contributed by atoms with Crippen molar-refractivity contribution in [3.8, 4) is 0 Å². The van der Waals surface area contributed by atoms with E-state index in [0.717, 1.165) is 4.90 Å². The average Bonchev–Trinajstić information content (AvgIpc) is 3.15. The summed E-state index contributed by atoms with van der Waals surface area (Å²) in [7, 11) is 0. The molecule has 4 heteroatoms. The van der Waals surface area contributed by atoms with E-state index in [0.29, 0.717) is 22.0 Å². The number of rotatable bonds is 3. The lowest BCUT2D eigenvalue weighted by Gasteiger charge is -1.96. The van der Waals surface area contributed by atoms with Crippen LogP contribution in [0.2, 0.25) is 0 Å². The molecular weight excluding hydrogens is 320 g/mol. The predicted molar refractivity (Wildman–Crippen MR) is 92.4 cm³/mol. The van der Waals surface area contributed by atoms with Crippen molar-refractivity contribution in [1.82, 2.24) is 0 Å². The van der Waals surface area contributed by atoms with Gasteiger partial charge in [0.25, 0.3) is 0 Å². The van der Waals surface area contributed by atoms with Gasteiger partial charge in [-0.1, -0.05) is 54.2 Å². The SMILES string of the molecule is O=C1C(=Cc2ccc(Sc3ccccc3)o2)C(=O)c2ccccc21. The van der Waals surface area contributed by atoms with E-state index in [9.17, 15) is 9.59 Å². The first-order valence-electron chi connectivity index (χ1n) is 7.45. The highest BCUT2D eigenvalue weighted by molar-refractivity contribution is 7.99. The molecule has 1 aliphatic carbocycles. The molecular formula is C20H12O3S. The molecule has 0 fully saturated rings. The second-order valence-corrected chi connectivity index (χ2v) is 6.41. The van der Waals surface area contributed by atoms with Crippen LogP contribution in [0.4, 0.5) is 0 Å². The Labute approximate surface area is 143 Å². The minimum absolute atomic E-state index is 0.154. The van der Waals surface area contributed by atoms with Crippen LogP contribution in [0.1, 0.15) is 26.5 Å². The monoisotopic (exact) mass is 332 g/mol. The van der Waals surface area contributed by atoms with Gasteiger partial charge in [-0.2, -0.15) is 0 Å². The van der Waals surface area contributed by atoms with Gasteiger partial charge in [0.1, 0.15) is 5.76 Å². The summed E-state index contributed by atoms with van der Waals surface area (Å²) in [5, 5.41) is 0.712. The zero-order valence-corrected chi connectivity index (χ0v) is 13.4. The summed E-state index contributed by atoms with van der Waals surface area (Å²) in [6, 6.07) is 20.3. The maximum atomic E-state index is 12.4. The van der Waals surface area contributed by atoms with Crippen LogP contribution in [0.5, 0.6) is 0 Å². The minimum Gasteiger partial charge on any atom is -0.450 e. The van der Waals surface area contributed by atoms with Gasteiger partial charge in [0.15, 0.2) is 16.7 Å². The van der Waals surface area contributed by atoms with Gasteiger partial charge >= 0.3 is 0 Å². The maximum absolute atomic E-state index is 12.4. The lowest BCUT2D eigenvalue weighted by molar-refractivity contribution is 0.0990. The first-order valence-corrected chi connectivity index (χ1v) is 8.27. The molecule has 1 heterocycles. The summed E-state index contributed by atoms with van der Waals surface area (Å²) >= 11 is 1.49. The van der Waals surface area contributed by atoms with Crippen molar-refractivity contribution in [2.75, 3.05) is 0 Å². The van der Waals surface area contributed by atoms with Gasteiger partial charge in [-0.15, -0.1) is 0 Å². The normalized spacial score (nSPS) is 13.2. The molecule has 0 atom stereocenters. The molecule has 0 amide bonds. The molecule has 3 aromatic rings. The fraction of sp³-hybridized carbons (Fsp3) is 0. The molecule has 0 aliphatic heterocycles. The molecule has 0 N–H and O–H groups in total. The quantitative estimate of drug-likeness (QED) is 0.506. The molecule has 0 saturated carbocycles. The Morgan fingerprint density at radius 1 is 0.750 bits per heavy atom. The van der Waals surface area contributed by atoms with E-state index in [2.05, 4.69) is 0 Å².